The Bertz CT molecular complexity index is 340. The minimum Gasteiger partial charge on any atom is -0.480 e. The summed E-state index contributed by atoms with van der Waals surface area (Å²) in [6.45, 7) is 6.35. The number of amides is 1. The second-order valence-corrected chi connectivity index (χ2v) is 5.00. The molecule has 1 aliphatic rings. The third-order valence-electron chi connectivity index (χ3n) is 3.10. The number of β-amino-alcohol motifs (C(OH)–C–C–N with tert-alkyl or cyclic N) is 1. The first-order chi connectivity index (χ1) is 9.31. The van der Waals surface area contributed by atoms with Crippen molar-refractivity contribution in [2.45, 2.75) is 45.8 Å². The molecule has 1 fully saturated rings. The van der Waals surface area contributed by atoms with E-state index >= 15 is 0 Å². The van der Waals surface area contributed by atoms with Crippen LogP contribution in [0.1, 0.15) is 33.6 Å². The van der Waals surface area contributed by atoms with E-state index in [1.54, 1.807) is 0 Å². The van der Waals surface area contributed by atoms with Crippen molar-refractivity contribution in [3.63, 3.8) is 0 Å². The third-order valence-corrected chi connectivity index (χ3v) is 3.10. The smallest absolute Gasteiger partial charge is 0.320 e. The van der Waals surface area contributed by atoms with Gasteiger partial charge in [0.2, 0.25) is 5.91 Å². The van der Waals surface area contributed by atoms with Crippen molar-refractivity contribution in [2.24, 2.45) is 11.7 Å². The summed E-state index contributed by atoms with van der Waals surface area (Å²) in [5.74, 6) is -0.814. The summed E-state index contributed by atoms with van der Waals surface area (Å²) in [4.78, 5) is 22.2. The van der Waals surface area contributed by atoms with Crippen molar-refractivity contribution in [3.8, 4) is 0 Å². The van der Waals surface area contributed by atoms with Crippen LogP contribution in [0, 0.1) is 5.92 Å². The fourth-order valence-corrected chi connectivity index (χ4v) is 2.21. The number of aliphatic carboxylic acids is 1. The van der Waals surface area contributed by atoms with E-state index in [4.69, 9.17) is 5.11 Å². The molecule has 1 rings (SSSR count). The lowest BCUT2D eigenvalue weighted by atomic mass is 10.1. The van der Waals surface area contributed by atoms with E-state index in [1.807, 2.05) is 30.9 Å². The zero-order chi connectivity index (χ0) is 15.7. The Balaban J connectivity index is 0.000000796. The van der Waals surface area contributed by atoms with E-state index in [2.05, 4.69) is 5.73 Å². The van der Waals surface area contributed by atoms with E-state index < -0.39 is 18.1 Å². The topological polar surface area (TPSA) is 104 Å². The molecule has 6 nitrogen and oxygen atoms in total. The van der Waals surface area contributed by atoms with Crippen LogP contribution < -0.4 is 5.73 Å². The van der Waals surface area contributed by atoms with Crippen LogP contribution in [-0.2, 0) is 9.59 Å². The van der Waals surface area contributed by atoms with E-state index in [9.17, 15) is 14.7 Å². The molecule has 0 aromatic carbocycles. The summed E-state index contributed by atoms with van der Waals surface area (Å²) in [6.07, 6.45) is 4.90. The zero-order valence-corrected chi connectivity index (χ0v) is 12.5. The maximum atomic E-state index is 11.1. The van der Waals surface area contributed by atoms with E-state index in [0.717, 1.165) is 6.54 Å². The van der Waals surface area contributed by atoms with Crippen molar-refractivity contribution < 1.29 is 19.8 Å². The molecule has 1 unspecified atom stereocenters. The zero-order valence-electron chi connectivity index (χ0n) is 12.5. The molecule has 0 aromatic heterocycles. The average molecular weight is 286 g/mol. The standard InChI is InChI=1S/C12H21NO3.C2H5NO/c1-3-5-9-6-11(12(15)16)13(7-9)8-10(14)4-2;1-2(3)4/h3,5,9-11,14H,4,6-8H2,1-2H3,(H,15,16);1H3,(H2,3,4)/t9-,10?,11-;/m1./s1. The second kappa shape index (κ2) is 9.50. The molecule has 0 saturated carbocycles. The minimum absolute atomic E-state index is 0.301. The number of carboxylic acids is 1. The van der Waals surface area contributed by atoms with E-state index in [0.29, 0.717) is 25.3 Å². The maximum Gasteiger partial charge on any atom is 0.320 e. The molecule has 20 heavy (non-hydrogen) atoms. The number of hydrogen-bond acceptors (Lipinski definition) is 4. The van der Waals surface area contributed by atoms with Gasteiger partial charge >= 0.3 is 5.97 Å². The summed E-state index contributed by atoms with van der Waals surface area (Å²) >= 11 is 0. The second-order valence-electron chi connectivity index (χ2n) is 5.00. The molecule has 1 aliphatic heterocycles. The highest BCUT2D eigenvalue weighted by molar-refractivity contribution is 5.74. The van der Waals surface area contributed by atoms with Crippen LogP contribution in [0.5, 0.6) is 0 Å². The number of rotatable bonds is 5. The van der Waals surface area contributed by atoms with Crippen molar-refractivity contribution in [1.82, 2.24) is 4.90 Å². The summed E-state index contributed by atoms with van der Waals surface area (Å²) in [6, 6.07) is -0.442. The Morgan fingerprint density at radius 2 is 2.05 bits per heavy atom. The van der Waals surface area contributed by atoms with Gasteiger partial charge in [-0.05, 0) is 25.7 Å². The van der Waals surface area contributed by atoms with Gasteiger partial charge in [-0.3, -0.25) is 14.5 Å². The molecule has 4 N–H and O–H groups in total. The van der Waals surface area contributed by atoms with Gasteiger partial charge < -0.3 is 15.9 Å². The van der Waals surface area contributed by atoms with Crippen LogP contribution in [0.2, 0.25) is 0 Å². The number of hydrogen-bond donors (Lipinski definition) is 3. The van der Waals surface area contributed by atoms with Gasteiger partial charge in [-0.1, -0.05) is 19.1 Å². The van der Waals surface area contributed by atoms with Crippen molar-refractivity contribution >= 4 is 11.9 Å². The molecule has 0 aromatic rings. The lowest BCUT2D eigenvalue weighted by molar-refractivity contribution is -0.142. The quantitative estimate of drug-likeness (QED) is 0.642. The van der Waals surface area contributed by atoms with Gasteiger partial charge in [-0.2, -0.15) is 0 Å². The number of carbonyl (C=O) groups is 2. The lowest BCUT2D eigenvalue weighted by Crippen LogP contribution is -2.40. The molecule has 0 radical (unpaired) electrons. The molecular formula is C14H26N2O4. The Labute approximate surface area is 120 Å². The van der Waals surface area contributed by atoms with Crippen LogP contribution in [0.25, 0.3) is 0 Å². The number of carboxylic acid groups (broad SMARTS) is 1. The van der Waals surface area contributed by atoms with E-state index in [1.165, 1.54) is 6.92 Å². The molecule has 1 saturated heterocycles. The number of nitrogens with zero attached hydrogens (tertiary/aromatic N) is 1. The predicted octanol–water partition coefficient (Wildman–Crippen LogP) is 0.600. The Morgan fingerprint density at radius 1 is 1.50 bits per heavy atom. The summed E-state index contributed by atoms with van der Waals surface area (Å²) in [5.41, 5.74) is 4.47. The summed E-state index contributed by atoms with van der Waals surface area (Å²) < 4.78 is 0. The van der Waals surface area contributed by atoms with Crippen molar-refractivity contribution in [1.29, 1.82) is 0 Å². The first kappa shape index (κ1) is 18.6. The number of likely N-dealkylation sites (tertiary alicyclic amines) is 1. The predicted molar refractivity (Wildman–Crippen MR) is 77.1 cm³/mol. The Kier molecular flexibility index (Phi) is 8.83. The Hall–Kier alpha value is -1.40. The SMILES string of the molecule is CC(N)=O.CC=C[C@@H]1C[C@H](C(=O)O)N(CC(O)CC)C1. The fraction of sp³-hybridized carbons (Fsp3) is 0.714. The normalized spacial score (nSPS) is 24.2. The molecule has 116 valence electrons. The molecule has 1 amide bonds. The molecule has 3 atom stereocenters. The first-order valence-electron chi connectivity index (χ1n) is 6.85. The molecule has 6 heteroatoms. The summed E-state index contributed by atoms with van der Waals surface area (Å²) in [7, 11) is 0. The molecule has 1 heterocycles. The van der Waals surface area contributed by atoms with Gasteiger partial charge in [0, 0.05) is 20.0 Å². The average Bonchev–Trinajstić information content (AvgIpc) is 2.71. The highest BCUT2D eigenvalue weighted by Crippen LogP contribution is 2.24. The van der Waals surface area contributed by atoms with Gasteiger partial charge in [0.1, 0.15) is 6.04 Å². The van der Waals surface area contributed by atoms with Gasteiger partial charge in [-0.15, -0.1) is 0 Å². The van der Waals surface area contributed by atoms with Crippen LogP contribution in [-0.4, -0.2) is 52.2 Å². The highest BCUT2D eigenvalue weighted by Gasteiger charge is 2.36. The number of nitrogens with two attached hydrogens (primary N) is 1. The van der Waals surface area contributed by atoms with Gasteiger partial charge in [0.05, 0.1) is 6.10 Å². The van der Waals surface area contributed by atoms with Gasteiger partial charge in [0.15, 0.2) is 0 Å². The van der Waals surface area contributed by atoms with Crippen LogP contribution in [0.4, 0.5) is 0 Å². The monoisotopic (exact) mass is 286 g/mol. The van der Waals surface area contributed by atoms with Crippen LogP contribution >= 0.6 is 0 Å². The van der Waals surface area contributed by atoms with Crippen molar-refractivity contribution in [2.75, 3.05) is 13.1 Å². The van der Waals surface area contributed by atoms with Crippen molar-refractivity contribution in [3.05, 3.63) is 12.2 Å². The lowest BCUT2D eigenvalue weighted by Gasteiger charge is -2.23. The van der Waals surface area contributed by atoms with Crippen LogP contribution in [0.3, 0.4) is 0 Å². The first-order valence-corrected chi connectivity index (χ1v) is 6.85. The highest BCUT2D eigenvalue weighted by atomic mass is 16.4. The van der Waals surface area contributed by atoms with Gasteiger partial charge in [0.25, 0.3) is 0 Å². The fourth-order valence-electron chi connectivity index (χ4n) is 2.21. The number of primary amides is 1. The number of aliphatic hydroxyl groups is 1. The number of allylic oxidation sites excluding steroid dienone is 1. The molecular weight excluding hydrogens is 260 g/mol. The largest absolute Gasteiger partial charge is 0.480 e. The molecule has 0 bridgehead atoms. The Morgan fingerprint density at radius 3 is 2.45 bits per heavy atom. The minimum atomic E-state index is -0.782. The molecule has 0 aliphatic carbocycles. The summed E-state index contributed by atoms with van der Waals surface area (Å²) in [5, 5.41) is 18.7. The molecule has 0 spiro atoms. The van der Waals surface area contributed by atoms with Crippen LogP contribution in [0.15, 0.2) is 12.2 Å². The maximum absolute atomic E-state index is 11.1. The third kappa shape index (κ3) is 7.25. The number of aliphatic hydroxyl groups excluding tert-OH is 1. The van der Waals surface area contributed by atoms with E-state index in [-0.39, 0.29) is 5.91 Å². The van der Waals surface area contributed by atoms with Gasteiger partial charge in [-0.25, -0.2) is 0 Å². The number of carbonyl (C=O) groups excluding carboxylic acids is 1.